The van der Waals surface area contributed by atoms with Crippen molar-refractivity contribution in [2.75, 3.05) is 18.9 Å². The summed E-state index contributed by atoms with van der Waals surface area (Å²) in [5, 5.41) is 2.74. The second kappa shape index (κ2) is 9.61. The molecule has 0 radical (unpaired) electrons. The first-order valence-electron chi connectivity index (χ1n) is 9.56. The van der Waals surface area contributed by atoms with Gasteiger partial charge in [0.15, 0.2) is 0 Å². The minimum absolute atomic E-state index is 0.158. The van der Waals surface area contributed by atoms with E-state index in [0.29, 0.717) is 27.5 Å². The Bertz CT molecular complexity index is 1190. The molecule has 10 heteroatoms. The fourth-order valence-electron chi connectivity index (χ4n) is 3.01. The maximum atomic E-state index is 13.2. The summed E-state index contributed by atoms with van der Waals surface area (Å²) in [6.45, 7) is 5.44. The zero-order valence-electron chi connectivity index (χ0n) is 17.6. The molecule has 2 aromatic heterocycles. The molecule has 3 rings (SSSR count). The molecule has 0 aliphatic heterocycles. The van der Waals surface area contributed by atoms with Crippen molar-refractivity contribution < 1.29 is 14.0 Å². The zero-order chi connectivity index (χ0) is 22.7. The highest BCUT2D eigenvalue weighted by molar-refractivity contribution is 7.99. The predicted octanol–water partition coefficient (Wildman–Crippen LogP) is 3.46. The highest BCUT2D eigenvalue weighted by atomic mass is 32.2. The molecule has 2 heterocycles. The number of benzene rings is 1. The quantitative estimate of drug-likeness (QED) is 0.561. The Kier molecular flexibility index (Phi) is 7.11. The summed E-state index contributed by atoms with van der Waals surface area (Å²) in [5.74, 6) is -0.235. The molecule has 1 unspecified atom stereocenters. The molecule has 0 aliphatic carbocycles. The van der Waals surface area contributed by atoms with Gasteiger partial charge in [0.1, 0.15) is 16.5 Å². The fourth-order valence-corrected chi connectivity index (χ4v) is 4.93. The molecule has 1 atom stereocenters. The summed E-state index contributed by atoms with van der Waals surface area (Å²) >= 11 is 2.80. The van der Waals surface area contributed by atoms with E-state index in [9.17, 15) is 18.8 Å². The number of hydrogen-bond donors (Lipinski definition) is 2. The standard InChI is InChI=1S/C21H23FN4O3S2/c1-11-12(2)31-20-18(11)19(28)24-16(25-20)10-30-13(3)21(29)26(4)9-17(27)23-15-7-5-6-14(22)8-15/h5-8,13H,9-10H2,1-4H3,(H,23,27)(H,24,25,28). The van der Waals surface area contributed by atoms with Gasteiger partial charge in [-0.3, -0.25) is 14.4 Å². The number of likely N-dealkylation sites (N-methyl/N-ethyl adjacent to an activating group) is 1. The molecule has 0 aliphatic rings. The highest BCUT2D eigenvalue weighted by Gasteiger charge is 2.21. The number of aryl methyl sites for hydroxylation is 2. The molecular weight excluding hydrogens is 439 g/mol. The van der Waals surface area contributed by atoms with Gasteiger partial charge in [-0.2, -0.15) is 0 Å². The van der Waals surface area contributed by atoms with E-state index in [1.165, 1.54) is 53.2 Å². The van der Waals surface area contributed by atoms with Crippen molar-refractivity contribution in [1.29, 1.82) is 0 Å². The summed E-state index contributed by atoms with van der Waals surface area (Å²) < 4.78 is 13.2. The third kappa shape index (κ3) is 5.50. The maximum Gasteiger partial charge on any atom is 0.259 e. The lowest BCUT2D eigenvalue weighted by Gasteiger charge is -2.20. The van der Waals surface area contributed by atoms with Crippen molar-refractivity contribution in [3.8, 4) is 0 Å². The van der Waals surface area contributed by atoms with Gasteiger partial charge in [0, 0.05) is 17.6 Å². The van der Waals surface area contributed by atoms with Gasteiger partial charge >= 0.3 is 0 Å². The van der Waals surface area contributed by atoms with Gasteiger partial charge in [0.2, 0.25) is 11.8 Å². The van der Waals surface area contributed by atoms with Gasteiger partial charge < -0.3 is 15.2 Å². The Morgan fingerprint density at radius 2 is 2.10 bits per heavy atom. The van der Waals surface area contributed by atoms with Crippen LogP contribution in [0.3, 0.4) is 0 Å². The van der Waals surface area contributed by atoms with Crippen LogP contribution >= 0.6 is 23.1 Å². The van der Waals surface area contributed by atoms with E-state index in [4.69, 9.17) is 0 Å². The van der Waals surface area contributed by atoms with Crippen LogP contribution in [-0.2, 0) is 15.3 Å². The molecule has 0 fully saturated rings. The van der Waals surface area contributed by atoms with Gasteiger partial charge in [0.05, 0.1) is 22.9 Å². The third-order valence-electron chi connectivity index (χ3n) is 4.77. The lowest BCUT2D eigenvalue weighted by molar-refractivity contribution is -0.132. The first-order chi connectivity index (χ1) is 14.7. The lowest BCUT2D eigenvalue weighted by atomic mass is 10.2. The molecular formula is C21H23FN4O3S2. The van der Waals surface area contributed by atoms with E-state index in [2.05, 4.69) is 15.3 Å². The van der Waals surface area contributed by atoms with Crippen molar-refractivity contribution in [2.45, 2.75) is 31.8 Å². The van der Waals surface area contributed by atoms with Crippen molar-refractivity contribution in [1.82, 2.24) is 14.9 Å². The molecule has 7 nitrogen and oxygen atoms in total. The average molecular weight is 463 g/mol. The number of H-pyrrole nitrogens is 1. The molecule has 31 heavy (non-hydrogen) atoms. The van der Waals surface area contributed by atoms with Crippen LogP contribution in [0.15, 0.2) is 29.1 Å². The van der Waals surface area contributed by atoms with Gasteiger partial charge in [-0.05, 0) is 44.5 Å². The van der Waals surface area contributed by atoms with E-state index in [1.807, 2.05) is 13.8 Å². The molecule has 2 amide bonds. The number of fused-ring (bicyclic) bond motifs is 1. The molecule has 0 bridgehead atoms. The molecule has 2 N–H and O–H groups in total. The Morgan fingerprint density at radius 3 is 2.81 bits per heavy atom. The number of amides is 2. The maximum absolute atomic E-state index is 13.2. The molecule has 1 aromatic carbocycles. The molecule has 3 aromatic rings. The zero-order valence-corrected chi connectivity index (χ0v) is 19.2. The monoisotopic (exact) mass is 462 g/mol. The fraction of sp³-hybridized carbons (Fsp3) is 0.333. The lowest BCUT2D eigenvalue weighted by Crippen LogP contribution is -2.39. The number of nitrogens with zero attached hydrogens (tertiary/aromatic N) is 2. The Labute approximate surface area is 187 Å². The number of carbonyl (C=O) groups excluding carboxylic acids is 2. The molecule has 0 saturated heterocycles. The molecule has 164 valence electrons. The first-order valence-corrected chi connectivity index (χ1v) is 11.4. The number of aromatic amines is 1. The van der Waals surface area contributed by atoms with Crippen molar-refractivity contribution in [3.63, 3.8) is 0 Å². The SMILES string of the molecule is Cc1sc2nc(CSC(C)C(=O)N(C)CC(=O)Nc3cccc(F)c3)[nH]c(=O)c2c1C. The minimum Gasteiger partial charge on any atom is -0.335 e. The van der Waals surface area contributed by atoms with E-state index >= 15 is 0 Å². The molecule has 0 spiro atoms. The van der Waals surface area contributed by atoms with Gasteiger partial charge in [-0.1, -0.05) is 6.07 Å². The average Bonchev–Trinajstić information content (AvgIpc) is 2.99. The predicted molar refractivity (Wildman–Crippen MR) is 123 cm³/mol. The number of halogens is 1. The van der Waals surface area contributed by atoms with Crippen LogP contribution in [0.4, 0.5) is 10.1 Å². The number of carbonyl (C=O) groups is 2. The molecule has 0 saturated carbocycles. The van der Waals surface area contributed by atoms with Crippen molar-refractivity contribution in [3.05, 3.63) is 56.7 Å². The number of aromatic nitrogens is 2. The number of anilines is 1. The summed E-state index contributed by atoms with van der Waals surface area (Å²) in [6, 6.07) is 5.56. The number of hydrogen-bond acceptors (Lipinski definition) is 6. The number of rotatable bonds is 7. The first kappa shape index (κ1) is 23.0. The van der Waals surface area contributed by atoms with Gasteiger partial charge in [-0.15, -0.1) is 23.1 Å². The minimum atomic E-state index is -0.454. The van der Waals surface area contributed by atoms with E-state index < -0.39 is 17.0 Å². The summed E-state index contributed by atoms with van der Waals surface area (Å²) in [4.78, 5) is 47.5. The number of thiophene rings is 1. The van der Waals surface area contributed by atoms with Crippen molar-refractivity contribution in [2.24, 2.45) is 0 Å². The van der Waals surface area contributed by atoms with E-state index in [1.54, 1.807) is 13.0 Å². The van der Waals surface area contributed by atoms with Crippen LogP contribution in [-0.4, -0.2) is 45.5 Å². The normalized spacial score (nSPS) is 12.0. The summed E-state index contributed by atoms with van der Waals surface area (Å²) in [7, 11) is 1.54. The van der Waals surface area contributed by atoms with Crippen LogP contribution in [0, 0.1) is 19.7 Å². The van der Waals surface area contributed by atoms with Crippen LogP contribution < -0.4 is 10.9 Å². The van der Waals surface area contributed by atoms with Crippen LogP contribution in [0.5, 0.6) is 0 Å². The van der Waals surface area contributed by atoms with Crippen LogP contribution in [0.1, 0.15) is 23.2 Å². The number of nitrogens with one attached hydrogen (secondary N) is 2. The Hall–Kier alpha value is -2.72. The second-order valence-corrected chi connectivity index (χ2v) is 9.71. The van der Waals surface area contributed by atoms with Gasteiger partial charge in [0.25, 0.3) is 5.56 Å². The summed E-state index contributed by atoms with van der Waals surface area (Å²) in [6.07, 6.45) is 0. The third-order valence-corrected chi connectivity index (χ3v) is 7.01. The Morgan fingerprint density at radius 1 is 1.35 bits per heavy atom. The van der Waals surface area contributed by atoms with Crippen LogP contribution in [0.25, 0.3) is 10.2 Å². The van der Waals surface area contributed by atoms with Crippen LogP contribution in [0.2, 0.25) is 0 Å². The largest absolute Gasteiger partial charge is 0.335 e. The second-order valence-electron chi connectivity index (χ2n) is 7.18. The smallest absolute Gasteiger partial charge is 0.259 e. The van der Waals surface area contributed by atoms with E-state index in [-0.39, 0.29) is 18.0 Å². The summed E-state index contributed by atoms with van der Waals surface area (Å²) in [5.41, 5.74) is 1.10. The van der Waals surface area contributed by atoms with Gasteiger partial charge in [-0.25, -0.2) is 9.37 Å². The van der Waals surface area contributed by atoms with E-state index in [0.717, 1.165) is 10.4 Å². The highest BCUT2D eigenvalue weighted by Crippen LogP contribution is 2.26. The topological polar surface area (TPSA) is 95.2 Å². The van der Waals surface area contributed by atoms with Crippen molar-refractivity contribution >= 4 is 50.8 Å². The number of thioether (sulfide) groups is 1. The Balaban J connectivity index is 1.56.